The zero-order valence-electron chi connectivity index (χ0n) is 20.2. The van der Waals surface area contributed by atoms with Gasteiger partial charge >= 0.3 is 0 Å². The summed E-state index contributed by atoms with van der Waals surface area (Å²) in [5.74, 6) is -0.976. The molecule has 3 aromatic rings. The summed E-state index contributed by atoms with van der Waals surface area (Å²) in [6.07, 6.45) is 0. The summed E-state index contributed by atoms with van der Waals surface area (Å²) in [7, 11) is -4.21. The second-order valence-corrected chi connectivity index (χ2v) is 11.3. The molecule has 0 aromatic heterocycles. The van der Waals surface area contributed by atoms with Crippen molar-refractivity contribution in [3.63, 3.8) is 0 Å². The van der Waals surface area contributed by atoms with Gasteiger partial charge in [0.1, 0.15) is 12.6 Å². The van der Waals surface area contributed by atoms with E-state index in [1.807, 2.05) is 0 Å². The number of sulfonamides is 1. The van der Waals surface area contributed by atoms with Crippen molar-refractivity contribution in [2.45, 2.75) is 31.3 Å². The highest BCUT2D eigenvalue weighted by Crippen LogP contribution is 2.30. The van der Waals surface area contributed by atoms with Crippen molar-refractivity contribution in [3.8, 4) is 0 Å². The molecule has 37 heavy (non-hydrogen) atoms. The minimum atomic E-state index is -4.21. The van der Waals surface area contributed by atoms with Gasteiger partial charge in [0.15, 0.2) is 0 Å². The first kappa shape index (κ1) is 28.8. The van der Waals surface area contributed by atoms with E-state index in [0.717, 1.165) is 4.31 Å². The van der Waals surface area contributed by atoms with Crippen LogP contribution in [0.1, 0.15) is 19.4 Å². The van der Waals surface area contributed by atoms with Crippen LogP contribution in [0.4, 0.5) is 5.69 Å². The van der Waals surface area contributed by atoms with Crippen LogP contribution >= 0.6 is 34.8 Å². The molecule has 0 saturated heterocycles. The van der Waals surface area contributed by atoms with E-state index in [1.54, 1.807) is 56.3 Å². The van der Waals surface area contributed by atoms with E-state index in [-0.39, 0.29) is 33.1 Å². The van der Waals surface area contributed by atoms with Crippen molar-refractivity contribution in [2.75, 3.05) is 17.4 Å². The van der Waals surface area contributed by atoms with Crippen LogP contribution in [0.5, 0.6) is 0 Å². The Balaban J connectivity index is 2.05. The second kappa shape index (κ2) is 12.6. The largest absolute Gasteiger partial charge is 0.355 e. The summed E-state index contributed by atoms with van der Waals surface area (Å²) in [6, 6.07) is 18.0. The molecule has 7 nitrogen and oxygen atoms in total. The number of nitrogens with one attached hydrogen (secondary N) is 1. The maximum atomic E-state index is 13.8. The number of rotatable bonds is 10. The van der Waals surface area contributed by atoms with E-state index in [1.165, 1.54) is 35.2 Å². The zero-order valence-corrected chi connectivity index (χ0v) is 23.3. The third kappa shape index (κ3) is 7.38. The third-order valence-corrected chi connectivity index (χ3v) is 7.97. The summed E-state index contributed by atoms with van der Waals surface area (Å²) in [6.45, 7) is 3.16. The summed E-state index contributed by atoms with van der Waals surface area (Å²) >= 11 is 18.5. The van der Waals surface area contributed by atoms with E-state index in [2.05, 4.69) is 5.32 Å². The van der Waals surface area contributed by atoms with Crippen molar-refractivity contribution < 1.29 is 18.0 Å². The Kier molecular flexibility index (Phi) is 9.84. The van der Waals surface area contributed by atoms with E-state index >= 15 is 0 Å². The van der Waals surface area contributed by atoms with Crippen molar-refractivity contribution in [1.82, 2.24) is 10.2 Å². The molecule has 196 valence electrons. The minimum absolute atomic E-state index is 0.0166. The molecule has 0 radical (unpaired) electrons. The summed E-state index contributed by atoms with van der Waals surface area (Å²) < 4.78 is 28.3. The monoisotopic (exact) mass is 581 g/mol. The van der Waals surface area contributed by atoms with Crippen LogP contribution in [0, 0.1) is 0 Å². The SMILES string of the molecule is CCNC(=O)C(C)N(Cc1cccc(Cl)c1)C(=O)CN(c1cc(Cl)cc(Cl)c1)S(=O)(=O)c1ccccc1. The second-order valence-electron chi connectivity index (χ2n) is 8.17. The Morgan fingerprint density at radius 1 is 0.892 bits per heavy atom. The lowest BCUT2D eigenvalue weighted by atomic mass is 10.1. The van der Waals surface area contributed by atoms with Crippen LogP contribution in [-0.2, 0) is 26.2 Å². The Morgan fingerprint density at radius 2 is 1.54 bits per heavy atom. The maximum absolute atomic E-state index is 13.8. The van der Waals surface area contributed by atoms with Gasteiger partial charge in [0.2, 0.25) is 11.8 Å². The van der Waals surface area contributed by atoms with E-state index in [4.69, 9.17) is 34.8 Å². The van der Waals surface area contributed by atoms with Gasteiger partial charge in [-0.15, -0.1) is 0 Å². The van der Waals surface area contributed by atoms with Gasteiger partial charge in [0, 0.05) is 28.2 Å². The minimum Gasteiger partial charge on any atom is -0.355 e. The number of carbonyl (C=O) groups excluding carboxylic acids is 2. The van der Waals surface area contributed by atoms with Gasteiger partial charge in [-0.1, -0.05) is 65.1 Å². The van der Waals surface area contributed by atoms with Crippen LogP contribution in [0.25, 0.3) is 0 Å². The zero-order chi connectivity index (χ0) is 27.2. The standard InChI is InChI=1S/C26H26Cl3N3O4S/c1-3-30-26(34)18(2)31(16-19-8-7-9-20(27)12-19)25(33)17-32(23-14-21(28)13-22(29)15-23)37(35,36)24-10-5-4-6-11-24/h4-15,18H,3,16-17H2,1-2H3,(H,30,34). The number of carbonyl (C=O) groups is 2. The molecule has 2 amide bonds. The molecule has 0 spiro atoms. The highest BCUT2D eigenvalue weighted by molar-refractivity contribution is 7.92. The van der Waals surface area contributed by atoms with Crippen LogP contribution in [0.15, 0.2) is 77.7 Å². The number of benzene rings is 3. The molecular weight excluding hydrogens is 557 g/mol. The number of halogens is 3. The first-order valence-electron chi connectivity index (χ1n) is 11.4. The van der Waals surface area contributed by atoms with Crippen molar-refractivity contribution in [1.29, 1.82) is 0 Å². The average Bonchev–Trinajstić information content (AvgIpc) is 2.85. The number of amides is 2. The fourth-order valence-electron chi connectivity index (χ4n) is 3.67. The lowest BCUT2D eigenvalue weighted by Crippen LogP contribution is -2.51. The van der Waals surface area contributed by atoms with Gasteiger partial charge in [-0.25, -0.2) is 8.42 Å². The summed E-state index contributed by atoms with van der Waals surface area (Å²) in [5, 5.41) is 3.58. The normalized spacial score (nSPS) is 12.0. The predicted octanol–water partition coefficient (Wildman–Crippen LogP) is 5.40. The predicted molar refractivity (Wildman–Crippen MR) is 148 cm³/mol. The number of hydrogen-bond donors (Lipinski definition) is 1. The van der Waals surface area contributed by atoms with Crippen LogP contribution in [-0.4, -0.2) is 44.3 Å². The fraction of sp³-hybridized carbons (Fsp3) is 0.231. The van der Waals surface area contributed by atoms with Gasteiger partial charge in [-0.05, 0) is 61.9 Å². The summed E-state index contributed by atoms with van der Waals surface area (Å²) in [5.41, 5.74) is 0.795. The fourth-order valence-corrected chi connectivity index (χ4v) is 5.81. The Morgan fingerprint density at radius 3 is 2.14 bits per heavy atom. The van der Waals surface area contributed by atoms with Gasteiger partial charge in [0.25, 0.3) is 10.0 Å². The Hall–Kier alpha value is -2.78. The molecule has 0 fully saturated rings. The molecule has 1 atom stereocenters. The smallest absolute Gasteiger partial charge is 0.264 e. The molecule has 0 bridgehead atoms. The Bertz CT molecular complexity index is 1350. The molecule has 3 aromatic carbocycles. The molecule has 1 unspecified atom stereocenters. The molecule has 3 rings (SSSR count). The molecule has 1 N–H and O–H groups in total. The third-order valence-electron chi connectivity index (χ3n) is 5.51. The van der Waals surface area contributed by atoms with Crippen LogP contribution in [0.3, 0.4) is 0 Å². The topological polar surface area (TPSA) is 86.8 Å². The number of anilines is 1. The molecule has 0 heterocycles. The van der Waals surface area contributed by atoms with E-state index in [9.17, 15) is 18.0 Å². The molecule has 0 aliphatic heterocycles. The Labute approximate surface area is 232 Å². The number of nitrogens with zero attached hydrogens (tertiary/aromatic N) is 2. The van der Waals surface area contributed by atoms with Crippen molar-refractivity contribution in [3.05, 3.63) is 93.4 Å². The van der Waals surface area contributed by atoms with Crippen molar-refractivity contribution in [2.24, 2.45) is 0 Å². The van der Waals surface area contributed by atoms with E-state index in [0.29, 0.717) is 17.1 Å². The van der Waals surface area contributed by atoms with Crippen molar-refractivity contribution >= 4 is 62.3 Å². The number of hydrogen-bond acceptors (Lipinski definition) is 4. The van der Waals surface area contributed by atoms with Gasteiger partial charge < -0.3 is 10.2 Å². The molecule has 11 heteroatoms. The van der Waals surface area contributed by atoms with Crippen LogP contribution in [0.2, 0.25) is 15.1 Å². The van der Waals surface area contributed by atoms with Gasteiger partial charge in [0.05, 0.1) is 10.6 Å². The molecular formula is C26H26Cl3N3O4S. The average molecular weight is 583 g/mol. The quantitative estimate of drug-likeness (QED) is 0.347. The first-order valence-corrected chi connectivity index (χ1v) is 14.0. The number of likely N-dealkylation sites (N-methyl/N-ethyl adjacent to an activating group) is 1. The summed E-state index contributed by atoms with van der Waals surface area (Å²) in [4.78, 5) is 27.8. The maximum Gasteiger partial charge on any atom is 0.264 e. The highest BCUT2D eigenvalue weighted by Gasteiger charge is 2.32. The van der Waals surface area contributed by atoms with Crippen LogP contribution < -0.4 is 9.62 Å². The van der Waals surface area contributed by atoms with Gasteiger partial charge in [-0.3, -0.25) is 13.9 Å². The highest BCUT2D eigenvalue weighted by atomic mass is 35.5. The molecule has 0 saturated carbocycles. The molecule has 0 aliphatic carbocycles. The van der Waals surface area contributed by atoms with Gasteiger partial charge in [-0.2, -0.15) is 0 Å². The van der Waals surface area contributed by atoms with E-state index < -0.39 is 28.5 Å². The first-order chi connectivity index (χ1) is 17.5. The lowest BCUT2D eigenvalue weighted by Gasteiger charge is -2.32. The molecule has 0 aliphatic rings. The lowest BCUT2D eigenvalue weighted by molar-refractivity contribution is -0.139.